The van der Waals surface area contributed by atoms with Crippen LogP contribution in [-0.2, 0) is 27.1 Å². The Morgan fingerprint density at radius 3 is 1.40 bits per heavy atom. The summed E-state index contributed by atoms with van der Waals surface area (Å²) in [7, 11) is 0. The first-order valence-corrected chi connectivity index (χ1v) is 23.6. The quantitative estimate of drug-likeness (QED) is 0.162. The number of benzene rings is 6. The first-order chi connectivity index (χ1) is 29.0. The summed E-state index contributed by atoms with van der Waals surface area (Å²) in [5.41, 5.74) is 21.0. The van der Waals surface area contributed by atoms with Gasteiger partial charge in [0, 0.05) is 22.5 Å². The van der Waals surface area contributed by atoms with Crippen molar-refractivity contribution in [1.29, 1.82) is 0 Å². The summed E-state index contributed by atoms with van der Waals surface area (Å²) >= 11 is 0. The molecule has 8 rings (SSSR count). The molecule has 0 saturated heterocycles. The molecule has 6 aromatic rings. The van der Waals surface area contributed by atoms with E-state index >= 15 is 0 Å². The molecule has 62 heavy (non-hydrogen) atoms. The minimum Gasteiger partial charge on any atom is -0.310 e. The zero-order valence-electron chi connectivity index (χ0n) is 40.6. The number of rotatable bonds is 6. The second-order valence-corrected chi connectivity index (χ2v) is 23.5. The van der Waals surface area contributed by atoms with E-state index in [0.717, 1.165) is 0 Å². The Hall–Kier alpha value is -4.88. The van der Waals surface area contributed by atoms with Crippen LogP contribution in [-0.4, -0.2) is 0 Å². The Kier molecular flexibility index (Phi) is 11.1. The second kappa shape index (κ2) is 15.7. The molecule has 0 spiro atoms. The Morgan fingerprint density at radius 1 is 0.403 bits per heavy atom. The van der Waals surface area contributed by atoms with Crippen LogP contribution >= 0.6 is 0 Å². The van der Waals surface area contributed by atoms with Crippen LogP contribution in [0, 0.1) is 0 Å². The van der Waals surface area contributed by atoms with E-state index in [1.165, 1.54) is 121 Å². The molecule has 1 saturated carbocycles. The molecule has 0 N–H and O–H groups in total. The molecule has 322 valence electrons. The maximum Gasteiger partial charge on any atom is 0.0470 e. The van der Waals surface area contributed by atoms with Crippen molar-refractivity contribution in [3.8, 4) is 33.4 Å². The number of anilines is 3. The van der Waals surface area contributed by atoms with Gasteiger partial charge in [0.05, 0.1) is 0 Å². The van der Waals surface area contributed by atoms with E-state index in [1.54, 1.807) is 0 Å². The lowest BCUT2D eigenvalue weighted by Crippen LogP contribution is -2.17. The third-order valence-electron chi connectivity index (χ3n) is 14.2. The Morgan fingerprint density at radius 2 is 0.855 bits per heavy atom. The first-order valence-electron chi connectivity index (χ1n) is 23.6. The van der Waals surface area contributed by atoms with Crippen LogP contribution in [0.2, 0.25) is 0 Å². The summed E-state index contributed by atoms with van der Waals surface area (Å²) < 4.78 is 0. The van der Waals surface area contributed by atoms with Gasteiger partial charge < -0.3 is 4.90 Å². The van der Waals surface area contributed by atoms with Gasteiger partial charge in [-0.1, -0.05) is 195 Å². The van der Waals surface area contributed by atoms with E-state index in [2.05, 4.69) is 223 Å². The predicted octanol–water partition coefficient (Wildman–Crippen LogP) is 18.0. The average Bonchev–Trinajstić information content (AvgIpc) is 3.45. The van der Waals surface area contributed by atoms with Crippen molar-refractivity contribution >= 4 is 17.1 Å². The lowest BCUT2D eigenvalue weighted by Gasteiger charge is -2.31. The molecule has 0 amide bonds. The van der Waals surface area contributed by atoms with Gasteiger partial charge in [-0.05, 0) is 155 Å². The smallest absolute Gasteiger partial charge is 0.0470 e. The molecule has 6 aromatic carbocycles. The minimum absolute atomic E-state index is 0.0318. The highest BCUT2D eigenvalue weighted by Gasteiger charge is 2.36. The molecular formula is C61H73N. The summed E-state index contributed by atoms with van der Waals surface area (Å²) in [6.07, 6.45) is 6.65. The fourth-order valence-corrected chi connectivity index (χ4v) is 10.0. The van der Waals surface area contributed by atoms with E-state index in [9.17, 15) is 0 Å². The SMILES string of the molecule is CC(C)(C)c1cc(-c2cc(N(c3ccc(C4CCCCC4)cc3)c3ccc4c(c3)C(C)(C)c3ccccc3-4)cc(C(C)(C)C)c2)cc(-c2cc(C(C)(C)C)cc(C(C)(C)C)c2)c1. The molecule has 0 atom stereocenters. The Labute approximate surface area is 376 Å². The summed E-state index contributed by atoms with van der Waals surface area (Å²) in [6, 6.07) is 48.0. The maximum atomic E-state index is 2.54. The van der Waals surface area contributed by atoms with E-state index in [-0.39, 0.29) is 27.1 Å². The number of nitrogens with zero attached hydrogens (tertiary/aromatic N) is 1. The number of fused-ring (bicyclic) bond motifs is 3. The van der Waals surface area contributed by atoms with Gasteiger partial charge in [-0.15, -0.1) is 0 Å². The van der Waals surface area contributed by atoms with Crippen molar-refractivity contribution in [1.82, 2.24) is 0 Å². The molecular weight excluding hydrogens is 747 g/mol. The summed E-state index contributed by atoms with van der Waals surface area (Å²) in [6.45, 7) is 33.0. The molecule has 1 heteroatoms. The van der Waals surface area contributed by atoms with Gasteiger partial charge in [-0.25, -0.2) is 0 Å². The highest BCUT2D eigenvalue weighted by Crippen LogP contribution is 2.51. The number of hydrogen-bond donors (Lipinski definition) is 0. The van der Waals surface area contributed by atoms with Crippen LogP contribution in [0.3, 0.4) is 0 Å². The van der Waals surface area contributed by atoms with Gasteiger partial charge in [0.2, 0.25) is 0 Å². The molecule has 1 fully saturated rings. The van der Waals surface area contributed by atoms with Gasteiger partial charge in [0.1, 0.15) is 0 Å². The van der Waals surface area contributed by atoms with Crippen molar-refractivity contribution in [2.24, 2.45) is 0 Å². The fraction of sp³-hybridized carbons (Fsp3) is 0.410. The standard InChI is InChI=1S/C61H73N/c1-57(2,3)46-31-42(44-33-47(58(4,5)6)37-48(34-44)59(7,8)9)30-43(32-46)45-35-49(60(10,11)12)38-52(36-45)62(50-26-24-41(25-27-50)40-20-16-15-17-21-40)51-28-29-54-53-22-18-19-23-55(53)61(13,14)56(54)39-51/h18-19,22-40H,15-17,20-21H2,1-14H3. The van der Waals surface area contributed by atoms with Crippen LogP contribution in [0.1, 0.15) is 174 Å². The molecule has 0 bridgehead atoms. The van der Waals surface area contributed by atoms with E-state index in [4.69, 9.17) is 0 Å². The van der Waals surface area contributed by atoms with Crippen LogP contribution in [0.5, 0.6) is 0 Å². The van der Waals surface area contributed by atoms with Crippen LogP contribution in [0.25, 0.3) is 33.4 Å². The van der Waals surface area contributed by atoms with Gasteiger partial charge in [-0.3, -0.25) is 0 Å². The van der Waals surface area contributed by atoms with Crippen LogP contribution < -0.4 is 4.90 Å². The van der Waals surface area contributed by atoms with Gasteiger partial charge >= 0.3 is 0 Å². The van der Waals surface area contributed by atoms with Crippen molar-refractivity contribution in [2.45, 2.75) is 162 Å². The van der Waals surface area contributed by atoms with Crippen LogP contribution in [0.4, 0.5) is 17.1 Å². The fourth-order valence-electron chi connectivity index (χ4n) is 10.0. The lowest BCUT2D eigenvalue weighted by molar-refractivity contribution is 0.443. The van der Waals surface area contributed by atoms with E-state index in [1.807, 2.05) is 0 Å². The lowest BCUT2D eigenvalue weighted by atomic mass is 9.78. The third kappa shape index (κ3) is 8.59. The Balaban J connectivity index is 1.35. The molecule has 2 aliphatic carbocycles. The first kappa shape index (κ1) is 43.8. The van der Waals surface area contributed by atoms with Crippen molar-refractivity contribution in [3.05, 3.63) is 160 Å². The molecule has 0 aromatic heterocycles. The monoisotopic (exact) mass is 820 g/mol. The molecule has 0 heterocycles. The molecule has 0 radical (unpaired) electrons. The van der Waals surface area contributed by atoms with Gasteiger partial charge in [0.15, 0.2) is 0 Å². The van der Waals surface area contributed by atoms with Crippen molar-refractivity contribution < 1.29 is 0 Å². The topological polar surface area (TPSA) is 3.24 Å². The highest BCUT2D eigenvalue weighted by molar-refractivity contribution is 5.87. The highest BCUT2D eigenvalue weighted by atomic mass is 15.1. The second-order valence-electron chi connectivity index (χ2n) is 23.5. The molecule has 1 nitrogen and oxygen atoms in total. The zero-order chi connectivity index (χ0) is 44.6. The zero-order valence-corrected chi connectivity index (χ0v) is 40.6. The van der Waals surface area contributed by atoms with E-state index in [0.29, 0.717) is 5.92 Å². The summed E-state index contributed by atoms with van der Waals surface area (Å²) in [5, 5.41) is 0. The molecule has 2 aliphatic rings. The minimum atomic E-state index is -0.0994. The Bertz CT molecular complexity index is 2570. The number of hydrogen-bond acceptors (Lipinski definition) is 1. The summed E-state index contributed by atoms with van der Waals surface area (Å²) in [4.78, 5) is 2.54. The molecule has 0 unspecified atom stereocenters. The normalized spacial score (nSPS) is 15.6. The van der Waals surface area contributed by atoms with Crippen molar-refractivity contribution in [2.75, 3.05) is 4.90 Å². The third-order valence-corrected chi connectivity index (χ3v) is 14.2. The average molecular weight is 820 g/mol. The largest absolute Gasteiger partial charge is 0.310 e. The summed E-state index contributed by atoms with van der Waals surface area (Å²) in [5.74, 6) is 0.661. The van der Waals surface area contributed by atoms with E-state index < -0.39 is 0 Å². The van der Waals surface area contributed by atoms with Gasteiger partial charge in [-0.2, -0.15) is 0 Å². The van der Waals surface area contributed by atoms with Gasteiger partial charge in [0.25, 0.3) is 0 Å². The maximum absolute atomic E-state index is 2.54. The molecule has 0 aliphatic heterocycles. The predicted molar refractivity (Wildman–Crippen MR) is 270 cm³/mol. The van der Waals surface area contributed by atoms with Crippen LogP contribution in [0.15, 0.2) is 121 Å². The van der Waals surface area contributed by atoms with Crippen molar-refractivity contribution in [3.63, 3.8) is 0 Å².